The Hall–Kier alpha value is -2.37. The van der Waals surface area contributed by atoms with E-state index in [0.29, 0.717) is 24.6 Å². The molecule has 2 aromatic rings. The third-order valence-electron chi connectivity index (χ3n) is 4.62. The van der Waals surface area contributed by atoms with Gasteiger partial charge in [0.05, 0.1) is 5.69 Å². The fourth-order valence-electron chi connectivity index (χ4n) is 2.88. The van der Waals surface area contributed by atoms with Gasteiger partial charge in [0.15, 0.2) is 5.96 Å². The third-order valence-corrected chi connectivity index (χ3v) is 4.62. The number of nitrogens with zero attached hydrogens (tertiary/aromatic N) is 3. The van der Waals surface area contributed by atoms with Crippen LogP contribution in [-0.4, -0.2) is 29.3 Å². The van der Waals surface area contributed by atoms with E-state index < -0.39 is 0 Å². The van der Waals surface area contributed by atoms with Gasteiger partial charge in [0.2, 0.25) is 0 Å². The van der Waals surface area contributed by atoms with Crippen LogP contribution >= 0.6 is 0 Å². The molecule has 1 heterocycles. The van der Waals surface area contributed by atoms with Crippen LogP contribution in [0.2, 0.25) is 0 Å². The van der Waals surface area contributed by atoms with Crippen molar-refractivity contribution >= 4 is 5.96 Å². The molecule has 6 heteroatoms. The smallest absolute Gasteiger partial charge is 0.191 e. The molecule has 1 aromatic heterocycles. The van der Waals surface area contributed by atoms with E-state index in [0.717, 1.165) is 11.4 Å². The van der Waals surface area contributed by atoms with Crippen molar-refractivity contribution in [2.45, 2.75) is 39.7 Å². The molecule has 0 aliphatic rings. The molecule has 0 radical (unpaired) electrons. The minimum atomic E-state index is -0.358. The van der Waals surface area contributed by atoms with E-state index in [2.05, 4.69) is 27.6 Å². The van der Waals surface area contributed by atoms with Gasteiger partial charge in [-0.2, -0.15) is 5.10 Å². The van der Waals surface area contributed by atoms with E-state index in [4.69, 9.17) is 0 Å². The standard InChI is InChI=1S/C19H28FN5/c1-13-15(14(2)25(6)24-13)11-22-18(21-5)23-12-19(3,4)16-9-7-8-10-17(16)20/h7-10H,11-12H2,1-6H3,(H2,21,22,23). The fourth-order valence-corrected chi connectivity index (χ4v) is 2.88. The predicted molar refractivity (Wildman–Crippen MR) is 100 cm³/mol. The van der Waals surface area contributed by atoms with Crippen molar-refractivity contribution in [1.82, 2.24) is 20.4 Å². The summed E-state index contributed by atoms with van der Waals surface area (Å²) < 4.78 is 15.9. The molecule has 1 aromatic carbocycles. The lowest BCUT2D eigenvalue weighted by Gasteiger charge is -2.27. The van der Waals surface area contributed by atoms with Crippen LogP contribution in [0.25, 0.3) is 0 Å². The Balaban J connectivity index is 2.00. The molecular weight excluding hydrogens is 317 g/mol. The van der Waals surface area contributed by atoms with Crippen LogP contribution < -0.4 is 10.6 Å². The second kappa shape index (κ2) is 7.68. The molecule has 0 saturated carbocycles. The van der Waals surface area contributed by atoms with Gasteiger partial charge >= 0.3 is 0 Å². The van der Waals surface area contributed by atoms with Gasteiger partial charge in [-0.05, 0) is 25.5 Å². The van der Waals surface area contributed by atoms with Crippen molar-refractivity contribution in [3.63, 3.8) is 0 Å². The van der Waals surface area contributed by atoms with Crippen LogP contribution in [0.5, 0.6) is 0 Å². The summed E-state index contributed by atoms with van der Waals surface area (Å²) in [5, 5.41) is 11.0. The zero-order valence-electron chi connectivity index (χ0n) is 15.9. The Morgan fingerprint density at radius 2 is 1.92 bits per heavy atom. The van der Waals surface area contributed by atoms with E-state index >= 15 is 0 Å². The normalized spacial score (nSPS) is 12.4. The lowest BCUT2D eigenvalue weighted by molar-refractivity contribution is 0.473. The molecule has 0 saturated heterocycles. The number of aryl methyl sites for hydroxylation is 2. The highest BCUT2D eigenvalue weighted by atomic mass is 19.1. The van der Waals surface area contributed by atoms with Crippen molar-refractivity contribution in [2.24, 2.45) is 12.0 Å². The van der Waals surface area contributed by atoms with E-state index in [1.165, 1.54) is 11.6 Å². The maximum absolute atomic E-state index is 14.1. The second-order valence-corrected chi connectivity index (χ2v) is 6.92. The Kier molecular flexibility index (Phi) is 5.82. The van der Waals surface area contributed by atoms with E-state index in [1.54, 1.807) is 13.1 Å². The highest BCUT2D eigenvalue weighted by Gasteiger charge is 2.24. The molecule has 0 bridgehead atoms. The molecule has 2 rings (SSSR count). The van der Waals surface area contributed by atoms with E-state index in [1.807, 2.05) is 44.6 Å². The summed E-state index contributed by atoms with van der Waals surface area (Å²) in [5.41, 5.74) is 3.64. The SMILES string of the molecule is CN=C(NCc1c(C)nn(C)c1C)NCC(C)(C)c1ccccc1F. The Bertz CT molecular complexity index is 761. The summed E-state index contributed by atoms with van der Waals surface area (Å²) in [6.07, 6.45) is 0. The minimum Gasteiger partial charge on any atom is -0.356 e. The van der Waals surface area contributed by atoms with Gasteiger partial charge < -0.3 is 10.6 Å². The first-order chi connectivity index (χ1) is 11.8. The third kappa shape index (κ3) is 4.38. The van der Waals surface area contributed by atoms with Gasteiger partial charge in [-0.25, -0.2) is 4.39 Å². The average molecular weight is 345 g/mol. The summed E-state index contributed by atoms with van der Waals surface area (Å²) in [7, 11) is 3.67. The molecule has 0 spiro atoms. The lowest BCUT2D eigenvalue weighted by Crippen LogP contribution is -2.43. The van der Waals surface area contributed by atoms with Crippen LogP contribution in [0.15, 0.2) is 29.3 Å². The fraction of sp³-hybridized carbons (Fsp3) is 0.474. The number of hydrogen-bond donors (Lipinski definition) is 2. The largest absolute Gasteiger partial charge is 0.356 e. The molecule has 0 aliphatic carbocycles. The zero-order chi connectivity index (χ0) is 18.6. The molecule has 0 atom stereocenters. The summed E-state index contributed by atoms with van der Waals surface area (Å²) in [6.45, 7) is 9.29. The van der Waals surface area contributed by atoms with Crippen LogP contribution in [0.1, 0.15) is 36.4 Å². The molecule has 25 heavy (non-hydrogen) atoms. The monoisotopic (exact) mass is 345 g/mol. The van der Waals surface area contributed by atoms with Crippen LogP contribution in [0.3, 0.4) is 0 Å². The van der Waals surface area contributed by atoms with Gasteiger partial charge in [-0.3, -0.25) is 9.67 Å². The maximum Gasteiger partial charge on any atom is 0.191 e. The second-order valence-electron chi connectivity index (χ2n) is 6.92. The van der Waals surface area contributed by atoms with Gasteiger partial charge in [0.1, 0.15) is 5.82 Å². The van der Waals surface area contributed by atoms with Crippen molar-refractivity contribution in [3.8, 4) is 0 Å². The predicted octanol–water partition coefficient (Wildman–Crippen LogP) is 2.82. The molecule has 0 fully saturated rings. The number of hydrogen-bond acceptors (Lipinski definition) is 2. The topological polar surface area (TPSA) is 54.2 Å². The highest BCUT2D eigenvalue weighted by Crippen LogP contribution is 2.24. The first kappa shape index (κ1) is 19.0. The van der Waals surface area contributed by atoms with Crippen molar-refractivity contribution in [3.05, 3.63) is 52.6 Å². The molecule has 5 nitrogen and oxygen atoms in total. The number of guanidine groups is 1. The Labute approximate surface area is 149 Å². The number of halogens is 1. The molecule has 0 aliphatic heterocycles. The zero-order valence-corrected chi connectivity index (χ0v) is 15.9. The number of aromatic nitrogens is 2. The maximum atomic E-state index is 14.1. The van der Waals surface area contributed by atoms with Crippen LogP contribution in [-0.2, 0) is 19.0 Å². The van der Waals surface area contributed by atoms with Gasteiger partial charge in [0.25, 0.3) is 0 Å². The van der Waals surface area contributed by atoms with E-state index in [-0.39, 0.29) is 11.2 Å². The number of nitrogens with one attached hydrogen (secondary N) is 2. The molecule has 2 N–H and O–H groups in total. The average Bonchev–Trinajstić information content (AvgIpc) is 2.81. The summed E-state index contributed by atoms with van der Waals surface area (Å²) in [4.78, 5) is 4.26. The summed E-state index contributed by atoms with van der Waals surface area (Å²) in [6, 6.07) is 6.90. The van der Waals surface area contributed by atoms with E-state index in [9.17, 15) is 4.39 Å². The Morgan fingerprint density at radius 3 is 2.48 bits per heavy atom. The number of rotatable bonds is 5. The van der Waals surface area contributed by atoms with Crippen LogP contribution in [0, 0.1) is 19.7 Å². The Morgan fingerprint density at radius 1 is 1.24 bits per heavy atom. The molecule has 136 valence electrons. The summed E-state index contributed by atoms with van der Waals surface area (Å²) >= 11 is 0. The summed E-state index contributed by atoms with van der Waals surface area (Å²) in [5.74, 6) is 0.505. The molecule has 0 amide bonds. The van der Waals surface area contributed by atoms with Gasteiger partial charge in [-0.1, -0.05) is 32.0 Å². The quantitative estimate of drug-likeness (QED) is 0.647. The molecular formula is C19H28FN5. The number of aliphatic imine (C=N–C) groups is 1. The van der Waals surface area contributed by atoms with Crippen molar-refractivity contribution in [2.75, 3.05) is 13.6 Å². The van der Waals surface area contributed by atoms with Crippen molar-refractivity contribution < 1.29 is 4.39 Å². The highest BCUT2D eigenvalue weighted by molar-refractivity contribution is 5.79. The first-order valence-corrected chi connectivity index (χ1v) is 8.45. The van der Waals surface area contributed by atoms with Gasteiger partial charge in [0, 0.05) is 43.9 Å². The molecule has 0 unspecified atom stereocenters. The lowest BCUT2D eigenvalue weighted by atomic mass is 9.84. The van der Waals surface area contributed by atoms with Crippen LogP contribution in [0.4, 0.5) is 4.39 Å². The first-order valence-electron chi connectivity index (χ1n) is 8.45. The van der Waals surface area contributed by atoms with Crippen molar-refractivity contribution in [1.29, 1.82) is 0 Å². The number of benzene rings is 1. The van der Waals surface area contributed by atoms with Gasteiger partial charge in [-0.15, -0.1) is 0 Å². The minimum absolute atomic E-state index is 0.182.